The number of carbonyl (C=O) groups is 4. The molecule has 8 nitrogen and oxygen atoms in total. The van der Waals surface area contributed by atoms with Gasteiger partial charge in [0.25, 0.3) is 0 Å². The van der Waals surface area contributed by atoms with Gasteiger partial charge >= 0.3 is 6.09 Å². The predicted molar refractivity (Wildman–Crippen MR) is 124 cm³/mol. The van der Waals surface area contributed by atoms with E-state index in [2.05, 4.69) is 16.7 Å². The SMILES string of the molecule is CC(=O)[C@@]12CC1/C=C\CCCCC[C@H](NC(=O)OC(C)(C)C)C(=O)N1C[C@H](C)C[C@H]1C(=O)N2. The minimum Gasteiger partial charge on any atom is -0.444 e. The maximum Gasteiger partial charge on any atom is 0.408 e. The lowest BCUT2D eigenvalue weighted by molar-refractivity contribution is -0.141. The summed E-state index contributed by atoms with van der Waals surface area (Å²) in [4.78, 5) is 53.3. The maximum atomic E-state index is 13.6. The molecule has 184 valence electrons. The molecule has 3 amide bonds. The molecule has 5 atom stereocenters. The van der Waals surface area contributed by atoms with Crippen LogP contribution in [-0.4, -0.2) is 58.4 Å². The summed E-state index contributed by atoms with van der Waals surface area (Å²) >= 11 is 0. The predicted octanol–water partition coefficient (Wildman–Crippen LogP) is 3.10. The summed E-state index contributed by atoms with van der Waals surface area (Å²) in [6.07, 6.45) is 8.66. The lowest BCUT2D eigenvalue weighted by Gasteiger charge is -2.30. The first-order valence-corrected chi connectivity index (χ1v) is 12.2. The van der Waals surface area contributed by atoms with Crippen LogP contribution in [0.3, 0.4) is 0 Å². The number of hydrogen-bond acceptors (Lipinski definition) is 5. The Hall–Kier alpha value is -2.38. The number of nitrogens with one attached hydrogen (secondary N) is 2. The van der Waals surface area contributed by atoms with Gasteiger partial charge in [-0.2, -0.15) is 0 Å². The molecule has 1 unspecified atom stereocenters. The van der Waals surface area contributed by atoms with Crippen LogP contribution in [0.15, 0.2) is 12.2 Å². The molecule has 2 fully saturated rings. The van der Waals surface area contributed by atoms with Crippen LogP contribution in [0.25, 0.3) is 0 Å². The van der Waals surface area contributed by atoms with Gasteiger partial charge in [0.2, 0.25) is 11.8 Å². The van der Waals surface area contributed by atoms with Crippen molar-refractivity contribution in [3.63, 3.8) is 0 Å². The van der Waals surface area contributed by atoms with E-state index in [4.69, 9.17) is 4.74 Å². The lowest BCUT2D eigenvalue weighted by Crippen LogP contribution is -2.56. The molecule has 2 aliphatic heterocycles. The van der Waals surface area contributed by atoms with E-state index in [0.717, 1.165) is 25.7 Å². The van der Waals surface area contributed by atoms with Crippen molar-refractivity contribution in [3.05, 3.63) is 12.2 Å². The number of carbonyl (C=O) groups excluding carboxylic acids is 4. The van der Waals surface area contributed by atoms with Gasteiger partial charge in [-0.3, -0.25) is 14.4 Å². The van der Waals surface area contributed by atoms with Crippen molar-refractivity contribution < 1.29 is 23.9 Å². The second-order valence-corrected chi connectivity index (χ2v) is 10.9. The molecular formula is C25H39N3O5. The van der Waals surface area contributed by atoms with Crippen molar-refractivity contribution in [1.82, 2.24) is 15.5 Å². The molecular weight excluding hydrogens is 422 g/mol. The second-order valence-electron chi connectivity index (χ2n) is 10.9. The van der Waals surface area contributed by atoms with Gasteiger partial charge < -0.3 is 20.3 Å². The standard InChI is InChI=1S/C25H39N3O5/c1-16-13-20-21(30)27-25(17(2)29)14-18(25)11-9-7-6-8-10-12-19(22(31)28(20)15-16)26-23(32)33-24(3,4)5/h9,11,16,18-20H,6-8,10,12-15H2,1-5H3,(H,26,32)(H,27,30)/b11-9-/t16-,18?,19+,20+,25+/m1/s1. The van der Waals surface area contributed by atoms with Gasteiger partial charge in [0.15, 0.2) is 5.78 Å². The first-order valence-electron chi connectivity index (χ1n) is 12.2. The summed E-state index contributed by atoms with van der Waals surface area (Å²) in [7, 11) is 0. The maximum absolute atomic E-state index is 13.6. The monoisotopic (exact) mass is 461 g/mol. The van der Waals surface area contributed by atoms with Gasteiger partial charge in [0, 0.05) is 12.5 Å². The Bertz CT molecular complexity index is 817. The van der Waals surface area contributed by atoms with E-state index in [1.165, 1.54) is 6.92 Å². The van der Waals surface area contributed by atoms with Gasteiger partial charge in [-0.1, -0.05) is 31.9 Å². The van der Waals surface area contributed by atoms with Crippen LogP contribution in [0.1, 0.15) is 79.6 Å². The highest BCUT2D eigenvalue weighted by Gasteiger charge is 2.58. The Labute approximate surface area is 196 Å². The number of alkyl carbamates (subject to hydrolysis) is 1. The zero-order valence-electron chi connectivity index (χ0n) is 20.6. The molecule has 2 N–H and O–H groups in total. The van der Waals surface area contributed by atoms with Crippen molar-refractivity contribution >= 4 is 23.7 Å². The summed E-state index contributed by atoms with van der Waals surface area (Å²) < 4.78 is 5.38. The van der Waals surface area contributed by atoms with Crippen LogP contribution < -0.4 is 10.6 Å². The number of hydrogen-bond donors (Lipinski definition) is 2. The van der Waals surface area contributed by atoms with Crippen molar-refractivity contribution in [1.29, 1.82) is 0 Å². The first-order chi connectivity index (χ1) is 15.4. The third kappa shape index (κ3) is 6.15. The van der Waals surface area contributed by atoms with Crippen molar-refractivity contribution in [2.45, 2.75) is 103 Å². The van der Waals surface area contributed by atoms with Gasteiger partial charge in [-0.15, -0.1) is 0 Å². The van der Waals surface area contributed by atoms with Crippen LogP contribution in [0.5, 0.6) is 0 Å². The highest BCUT2D eigenvalue weighted by atomic mass is 16.6. The second kappa shape index (κ2) is 9.85. The molecule has 2 heterocycles. The van der Waals surface area contributed by atoms with Crippen LogP contribution in [-0.2, 0) is 19.1 Å². The molecule has 0 radical (unpaired) electrons. The van der Waals surface area contributed by atoms with Gasteiger partial charge in [0.1, 0.15) is 23.2 Å². The highest BCUT2D eigenvalue weighted by molar-refractivity contribution is 5.98. The minimum absolute atomic E-state index is 0.00800. The lowest BCUT2D eigenvalue weighted by atomic mass is 10.0. The molecule has 0 aromatic heterocycles. The number of ketones is 1. The first kappa shape index (κ1) is 25.2. The van der Waals surface area contributed by atoms with Gasteiger partial charge in [0.05, 0.1) is 0 Å². The van der Waals surface area contributed by atoms with Gasteiger partial charge in [-0.25, -0.2) is 4.79 Å². The number of Topliss-reactive ketones (excluding diaryl/α,β-unsaturated/α-hetero) is 1. The smallest absolute Gasteiger partial charge is 0.408 e. The Kier molecular flexibility index (Phi) is 7.54. The average Bonchev–Trinajstić information content (AvgIpc) is 3.25. The summed E-state index contributed by atoms with van der Waals surface area (Å²) in [5.41, 5.74) is -1.53. The van der Waals surface area contributed by atoms with Crippen LogP contribution in [0.4, 0.5) is 4.79 Å². The minimum atomic E-state index is -0.859. The molecule has 33 heavy (non-hydrogen) atoms. The normalized spacial score (nSPS) is 34.2. The summed E-state index contributed by atoms with van der Waals surface area (Å²) in [5.74, 6) is -0.446. The molecule has 1 saturated heterocycles. The fourth-order valence-corrected chi connectivity index (χ4v) is 4.95. The van der Waals surface area contributed by atoms with E-state index in [-0.39, 0.29) is 29.4 Å². The van der Waals surface area contributed by atoms with E-state index in [1.54, 1.807) is 25.7 Å². The molecule has 0 bridgehead atoms. The van der Waals surface area contributed by atoms with E-state index in [1.807, 2.05) is 13.0 Å². The van der Waals surface area contributed by atoms with E-state index < -0.39 is 29.3 Å². The molecule has 0 spiro atoms. The molecule has 3 rings (SSSR count). The zero-order chi connectivity index (χ0) is 24.4. The van der Waals surface area contributed by atoms with E-state index in [0.29, 0.717) is 25.8 Å². The van der Waals surface area contributed by atoms with E-state index >= 15 is 0 Å². The van der Waals surface area contributed by atoms with Crippen molar-refractivity contribution in [2.75, 3.05) is 6.54 Å². The summed E-state index contributed by atoms with van der Waals surface area (Å²) in [6, 6.07) is -1.40. The molecule has 0 aromatic carbocycles. The quantitative estimate of drug-likeness (QED) is 0.615. The fraction of sp³-hybridized carbons (Fsp3) is 0.760. The molecule has 8 heteroatoms. The summed E-state index contributed by atoms with van der Waals surface area (Å²) in [6.45, 7) is 9.29. The number of fused-ring (bicyclic) bond motifs is 2. The van der Waals surface area contributed by atoms with E-state index in [9.17, 15) is 19.2 Å². The Morgan fingerprint density at radius 3 is 2.61 bits per heavy atom. The number of amides is 3. The third-order valence-corrected chi connectivity index (χ3v) is 6.81. The Morgan fingerprint density at radius 1 is 1.21 bits per heavy atom. The topological polar surface area (TPSA) is 105 Å². The molecule has 1 saturated carbocycles. The number of rotatable bonds is 2. The fourth-order valence-electron chi connectivity index (χ4n) is 4.95. The van der Waals surface area contributed by atoms with Crippen LogP contribution in [0, 0.1) is 11.8 Å². The number of nitrogens with zero attached hydrogens (tertiary/aromatic N) is 1. The number of ether oxygens (including phenoxy) is 1. The zero-order valence-corrected chi connectivity index (χ0v) is 20.6. The average molecular weight is 462 g/mol. The third-order valence-electron chi connectivity index (χ3n) is 6.81. The molecule has 1 aliphatic carbocycles. The largest absolute Gasteiger partial charge is 0.444 e. The van der Waals surface area contributed by atoms with Crippen LogP contribution >= 0.6 is 0 Å². The van der Waals surface area contributed by atoms with Crippen molar-refractivity contribution in [2.24, 2.45) is 11.8 Å². The van der Waals surface area contributed by atoms with Gasteiger partial charge in [-0.05, 0) is 65.7 Å². The van der Waals surface area contributed by atoms with Crippen LogP contribution in [0.2, 0.25) is 0 Å². The Balaban J connectivity index is 1.83. The Morgan fingerprint density at radius 2 is 1.94 bits per heavy atom. The number of allylic oxidation sites excluding steroid dienone is 1. The molecule has 3 aliphatic rings. The molecule has 0 aromatic rings. The summed E-state index contributed by atoms with van der Waals surface area (Å²) in [5, 5.41) is 5.74. The van der Waals surface area contributed by atoms with Crippen molar-refractivity contribution in [3.8, 4) is 0 Å². The highest BCUT2D eigenvalue weighted by Crippen LogP contribution is 2.46.